The maximum Gasteiger partial charge on any atom is 0.300 e. The number of nitrogen functional groups attached to an aromatic ring is 1. The van der Waals surface area contributed by atoms with Gasteiger partial charge in [-0.2, -0.15) is 0 Å². The zero-order valence-corrected chi connectivity index (χ0v) is 12.6. The van der Waals surface area contributed by atoms with Crippen LogP contribution in [0.5, 0.6) is 0 Å². The molecule has 5 nitrogen and oxygen atoms in total. The Bertz CT molecular complexity index is 481. The normalized spacial score (nSPS) is 22.3. The lowest BCUT2D eigenvalue weighted by Crippen LogP contribution is -2.40. The number of piperidine rings is 1. The Kier molecular flexibility index (Phi) is 4.31. The van der Waals surface area contributed by atoms with E-state index in [-0.39, 0.29) is 11.7 Å². The zero-order valence-electron chi connectivity index (χ0n) is 12.6. The summed E-state index contributed by atoms with van der Waals surface area (Å²) in [5.41, 5.74) is 2.72. The van der Waals surface area contributed by atoms with Crippen LogP contribution in [0.15, 0.2) is 16.5 Å². The Morgan fingerprint density at radius 3 is 2.57 bits per heavy atom. The van der Waals surface area contributed by atoms with E-state index in [2.05, 4.69) is 10.3 Å². The van der Waals surface area contributed by atoms with Gasteiger partial charge in [0.2, 0.25) is 0 Å². The van der Waals surface area contributed by atoms with E-state index < -0.39 is 0 Å². The highest BCUT2D eigenvalue weighted by Crippen LogP contribution is 2.44. The molecule has 2 fully saturated rings. The van der Waals surface area contributed by atoms with Gasteiger partial charge in [-0.1, -0.05) is 19.3 Å². The number of carbonyl (C=O) groups is 1. The van der Waals surface area contributed by atoms with Crippen LogP contribution in [-0.4, -0.2) is 23.9 Å². The molecule has 1 aliphatic carbocycles. The molecule has 2 heterocycles. The van der Waals surface area contributed by atoms with Gasteiger partial charge in [0.1, 0.15) is 5.76 Å². The van der Waals surface area contributed by atoms with Crippen LogP contribution in [0.2, 0.25) is 0 Å². The first-order valence-corrected chi connectivity index (χ1v) is 8.03. The number of hydrazine groups is 1. The number of nitrogens with one attached hydrogen (secondary N) is 1. The van der Waals surface area contributed by atoms with Crippen molar-refractivity contribution in [1.82, 2.24) is 10.3 Å². The standard InChI is InChI=1S/C16H25N3O2/c17-18-15(20)14-5-4-13(21-14)12-19-10-8-16(9-11-19)6-2-1-3-7-16/h4-5H,1-3,6-12,17H2,(H,18,20). The molecule has 3 rings (SSSR count). The molecule has 1 amide bonds. The number of amides is 1. The first-order valence-electron chi connectivity index (χ1n) is 8.03. The van der Waals surface area contributed by atoms with Crippen molar-refractivity contribution in [1.29, 1.82) is 0 Å². The first kappa shape index (κ1) is 14.6. The molecule has 0 atom stereocenters. The van der Waals surface area contributed by atoms with Crippen LogP contribution < -0.4 is 11.3 Å². The summed E-state index contributed by atoms with van der Waals surface area (Å²) < 4.78 is 5.54. The van der Waals surface area contributed by atoms with Gasteiger partial charge in [0, 0.05) is 0 Å². The van der Waals surface area contributed by atoms with Crippen molar-refractivity contribution in [2.45, 2.75) is 51.5 Å². The zero-order chi connectivity index (χ0) is 14.7. The summed E-state index contributed by atoms with van der Waals surface area (Å²) in [5, 5.41) is 0. The first-order chi connectivity index (χ1) is 10.2. The second kappa shape index (κ2) is 6.20. The van der Waals surface area contributed by atoms with Crippen LogP contribution in [0.25, 0.3) is 0 Å². The van der Waals surface area contributed by atoms with Gasteiger partial charge in [0.15, 0.2) is 5.76 Å². The summed E-state index contributed by atoms with van der Waals surface area (Å²) in [5.74, 6) is 5.86. The number of furan rings is 1. The summed E-state index contributed by atoms with van der Waals surface area (Å²) in [4.78, 5) is 13.8. The average molecular weight is 291 g/mol. The van der Waals surface area contributed by atoms with E-state index in [0.717, 1.165) is 25.4 Å². The van der Waals surface area contributed by atoms with Gasteiger partial charge in [0.25, 0.3) is 0 Å². The fourth-order valence-electron chi connectivity index (χ4n) is 3.86. The molecule has 1 aromatic heterocycles. The van der Waals surface area contributed by atoms with Crippen LogP contribution in [-0.2, 0) is 6.54 Å². The van der Waals surface area contributed by atoms with Gasteiger partial charge in [-0.3, -0.25) is 15.1 Å². The second-order valence-corrected chi connectivity index (χ2v) is 6.58. The van der Waals surface area contributed by atoms with Gasteiger partial charge in [-0.15, -0.1) is 0 Å². The van der Waals surface area contributed by atoms with Crippen molar-refractivity contribution < 1.29 is 9.21 Å². The lowest BCUT2D eigenvalue weighted by molar-refractivity contribution is 0.0604. The van der Waals surface area contributed by atoms with E-state index in [4.69, 9.17) is 10.3 Å². The quantitative estimate of drug-likeness (QED) is 0.510. The van der Waals surface area contributed by atoms with E-state index in [1.54, 1.807) is 6.07 Å². The van der Waals surface area contributed by atoms with E-state index in [1.807, 2.05) is 6.07 Å². The summed E-state index contributed by atoms with van der Waals surface area (Å²) in [6.07, 6.45) is 9.70. The molecule has 0 radical (unpaired) electrons. The Labute approximate surface area is 125 Å². The molecule has 0 aromatic carbocycles. The number of nitrogens with zero attached hydrogens (tertiary/aromatic N) is 1. The molecule has 5 heteroatoms. The molecule has 0 bridgehead atoms. The van der Waals surface area contributed by atoms with Gasteiger partial charge >= 0.3 is 5.91 Å². The smallest absolute Gasteiger partial charge is 0.300 e. The van der Waals surface area contributed by atoms with Crippen LogP contribution in [0.1, 0.15) is 61.3 Å². The molecule has 21 heavy (non-hydrogen) atoms. The number of hydrogen-bond donors (Lipinski definition) is 2. The molecule has 1 aromatic rings. The molecule has 1 saturated carbocycles. The lowest BCUT2D eigenvalue weighted by Gasteiger charge is -2.44. The molecule has 1 saturated heterocycles. The minimum Gasteiger partial charge on any atom is -0.455 e. The molecule has 1 aliphatic heterocycles. The fourth-order valence-corrected chi connectivity index (χ4v) is 3.86. The number of hydrogen-bond acceptors (Lipinski definition) is 4. The Balaban J connectivity index is 1.53. The van der Waals surface area contributed by atoms with Crippen molar-refractivity contribution in [3.8, 4) is 0 Å². The number of carbonyl (C=O) groups excluding carboxylic acids is 1. The van der Waals surface area contributed by atoms with E-state index in [1.165, 1.54) is 44.9 Å². The maximum absolute atomic E-state index is 11.4. The monoisotopic (exact) mass is 291 g/mol. The van der Waals surface area contributed by atoms with Crippen molar-refractivity contribution in [3.05, 3.63) is 23.7 Å². The minimum absolute atomic E-state index is 0.285. The molecular formula is C16H25N3O2. The van der Waals surface area contributed by atoms with E-state index in [9.17, 15) is 4.79 Å². The molecule has 1 spiro atoms. The summed E-state index contributed by atoms with van der Waals surface area (Å²) in [6.45, 7) is 3.06. The van der Waals surface area contributed by atoms with Crippen LogP contribution in [0.3, 0.4) is 0 Å². The maximum atomic E-state index is 11.4. The predicted octanol–water partition coefficient (Wildman–Crippen LogP) is 2.43. The summed E-state index contributed by atoms with van der Waals surface area (Å²) in [7, 11) is 0. The van der Waals surface area contributed by atoms with Gasteiger partial charge in [-0.25, -0.2) is 5.84 Å². The third kappa shape index (κ3) is 3.30. The van der Waals surface area contributed by atoms with Crippen LogP contribution >= 0.6 is 0 Å². The van der Waals surface area contributed by atoms with Crippen molar-refractivity contribution in [2.75, 3.05) is 13.1 Å². The van der Waals surface area contributed by atoms with Gasteiger partial charge < -0.3 is 4.42 Å². The third-order valence-corrected chi connectivity index (χ3v) is 5.23. The molecule has 2 aliphatic rings. The SMILES string of the molecule is NNC(=O)c1ccc(CN2CCC3(CCCCC3)CC2)o1. The van der Waals surface area contributed by atoms with Crippen LogP contribution in [0.4, 0.5) is 0 Å². The highest BCUT2D eigenvalue weighted by atomic mass is 16.4. The summed E-state index contributed by atoms with van der Waals surface area (Å²) in [6, 6.07) is 3.56. The minimum atomic E-state index is -0.374. The van der Waals surface area contributed by atoms with Gasteiger partial charge in [-0.05, 0) is 56.3 Å². The third-order valence-electron chi connectivity index (χ3n) is 5.23. The predicted molar refractivity (Wildman–Crippen MR) is 80.4 cm³/mol. The Morgan fingerprint density at radius 2 is 1.90 bits per heavy atom. The summed E-state index contributed by atoms with van der Waals surface area (Å²) >= 11 is 0. The highest BCUT2D eigenvalue weighted by Gasteiger charge is 2.35. The second-order valence-electron chi connectivity index (χ2n) is 6.58. The van der Waals surface area contributed by atoms with Crippen molar-refractivity contribution >= 4 is 5.91 Å². The molecule has 0 unspecified atom stereocenters. The number of likely N-dealkylation sites (tertiary alicyclic amines) is 1. The number of nitrogens with two attached hydrogens (primary N) is 1. The van der Waals surface area contributed by atoms with Gasteiger partial charge in [0.05, 0.1) is 6.54 Å². The highest BCUT2D eigenvalue weighted by molar-refractivity contribution is 5.90. The number of rotatable bonds is 3. The van der Waals surface area contributed by atoms with E-state index in [0.29, 0.717) is 5.41 Å². The van der Waals surface area contributed by atoms with Crippen molar-refractivity contribution in [2.24, 2.45) is 11.3 Å². The van der Waals surface area contributed by atoms with E-state index >= 15 is 0 Å². The Morgan fingerprint density at radius 1 is 1.19 bits per heavy atom. The molecular weight excluding hydrogens is 266 g/mol. The largest absolute Gasteiger partial charge is 0.455 e. The fraction of sp³-hybridized carbons (Fsp3) is 0.688. The Hall–Kier alpha value is -1.33. The topological polar surface area (TPSA) is 71.5 Å². The van der Waals surface area contributed by atoms with Crippen LogP contribution in [0, 0.1) is 5.41 Å². The van der Waals surface area contributed by atoms with Crippen molar-refractivity contribution in [3.63, 3.8) is 0 Å². The molecule has 3 N–H and O–H groups in total. The lowest BCUT2D eigenvalue weighted by atomic mass is 9.68. The molecule has 116 valence electrons. The average Bonchev–Trinajstić information content (AvgIpc) is 2.98.